The number of benzene rings is 1. The Labute approximate surface area is 285 Å². The third kappa shape index (κ3) is 9.53. The van der Waals surface area contributed by atoms with Gasteiger partial charge in [0, 0.05) is 38.3 Å². The van der Waals surface area contributed by atoms with Crippen LogP contribution in [0.25, 0.3) is 0 Å². The molecule has 3 fully saturated rings. The zero-order valence-electron chi connectivity index (χ0n) is 30.0. The molecule has 1 heterocycles. The normalized spacial score (nSPS) is 22.6. The number of carbonyl (C=O) groups is 6. The maximum absolute atomic E-state index is 14.2. The summed E-state index contributed by atoms with van der Waals surface area (Å²) < 4.78 is 5.45. The van der Waals surface area contributed by atoms with Crippen LogP contribution >= 0.6 is 0 Å². The highest BCUT2D eigenvalue weighted by atomic mass is 16.6. The topological polar surface area (TPSA) is 139 Å². The molecule has 48 heavy (non-hydrogen) atoms. The van der Waals surface area contributed by atoms with Crippen molar-refractivity contribution in [3.8, 4) is 0 Å². The van der Waals surface area contributed by atoms with Gasteiger partial charge in [0.05, 0.1) is 6.04 Å². The molecule has 0 aromatic heterocycles. The van der Waals surface area contributed by atoms with Gasteiger partial charge < -0.3 is 20.3 Å². The Hall–Kier alpha value is -3.56. The van der Waals surface area contributed by atoms with E-state index in [1.54, 1.807) is 25.7 Å². The predicted octanol–water partition coefficient (Wildman–Crippen LogP) is 5.41. The standard InChI is InChI=1S/C38H55N3O7/c1-36(2,3)33(40-35(47)48-37(4,5)6)34(46)41-22-26-30(38(26,7)8)31(41)28(43)20-25(17-16-23-14-15-23)32(45)27(42)18-19-29(44)39-21-24-12-10-9-11-13-24/h9-13,23,25-26,30-31,33H,14-22H2,1-8H3,(H,39,44)(H,40,47)/t25?,26-,30?,31+,33+/m0/s1. The van der Waals surface area contributed by atoms with Crippen LogP contribution in [-0.4, -0.2) is 64.4 Å². The van der Waals surface area contributed by atoms with Gasteiger partial charge in [0.2, 0.25) is 17.6 Å². The van der Waals surface area contributed by atoms with E-state index in [9.17, 15) is 28.8 Å². The number of fused-ring (bicyclic) bond motifs is 1. The Morgan fingerprint density at radius 1 is 0.958 bits per heavy atom. The van der Waals surface area contributed by atoms with Gasteiger partial charge in [-0.25, -0.2) is 4.79 Å². The molecule has 2 N–H and O–H groups in total. The minimum atomic E-state index is -0.940. The van der Waals surface area contributed by atoms with E-state index in [2.05, 4.69) is 24.5 Å². The van der Waals surface area contributed by atoms with E-state index < -0.39 is 46.7 Å². The molecule has 0 radical (unpaired) electrons. The molecule has 1 aliphatic heterocycles. The molecule has 264 valence electrons. The Morgan fingerprint density at radius 2 is 1.60 bits per heavy atom. The number of Topliss-reactive ketones (excluding diaryl/α,β-unsaturated/α-hetero) is 3. The van der Waals surface area contributed by atoms with E-state index in [0.717, 1.165) is 24.8 Å². The SMILES string of the molecule is CC(C)(C)OC(=O)N[C@H](C(=O)N1C[C@H]2C([C@H]1C(=O)CC(CCC1CC1)C(=O)C(=O)CCC(=O)NCc1ccccc1)C2(C)C)C(C)(C)C. The monoisotopic (exact) mass is 665 g/mol. The number of piperidine rings is 1. The molecule has 10 heteroatoms. The number of hydrogen-bond acceptors (Lipinski definition) is 7. The quantitative estimate of drug-likeness (QED) is 0.239. The van der Waals surface area contributed by atoms with Crippen LogP contribution < -0.4 is 10.6 Å². The van der Waals surface area contributed by atoms with Crippen molar-refractivity contribution in [3.05, 3.63) is 35.9 Å². The molecule has 0 bridgehead atoms. The third-order valence-corrected chi connectivity index (χ3v) is 10.2. The van der Waals surface area contributed by atoms with Gasteiger partial charge >= 0.3 is 6.09 Å². The van der Waals surface area contributed by atoms with E-state index in [0.29, 0.717) is 25.4 Å². The highest BCUT2D eigenvalue weighted by Crippen LogP contribution is 2.65. The van der Waals surface area contributed by atoms with Crippen molar-refractivity contribution in [1.82, 2.24) is 15.5 Å². The lowest BCUT2D eigenvalue weighted by Gasteiger charge is -2.38. The van der Waals surface area contributed by atoms with Gasteiger partial charge in [-0.3, -0.25) is 24.0 Å². The first-order chi connectivity index (χ1) is 22.3. The lowest BCUT2D eigenvalue weighted by atomic mass is 9.83. The molecule has 2 saturated carbocycles. The molecule has 10 nitrogen and oxygen atoms in total. The van der Waals surface area contributed by atoms with Crippen molar-refractivity contribution in [3.63, 3.8) is 0 Å². The van der Waals surface area contributed by atoms with Crippen LogP contribution in [0.15, 0.2) is 30.3 Å². The highest BCUT2D eigenvalue weighted by molar-refractivity contribution is 6.38. The zero-order valence-corrected chi connectivity index (χ0v) is 30.0. The van der Waals surface area contributed by atoms with Crippen molar-refractivity contribution in [2.45, 2.75) is 125 Å². The number of alkyl carbamates (subject to hydrolysis) is 1. The van der Waals surface area contributed by atoms with Gasteiger partial charge in [0.1, 0.15) is 11.6 Å². The molecule has 4 rings (SSSR count). The fourth-order valence-corrected chi connectivity index (χ4v) is 7.12. The third-order valence-electron chi connectivity index (χ3n) is 10.2. The maximum Gasteiger partial charge on any atom is 0.408 e. The highest BCUT2D eigenvalue weighted by Gasteiger charge is 2.69. The molecule has 0 spiro atoms. The second-order valence-corrected chi connectivity index (χ2v) is 16.8. The number of likely N-dealkylation sites (tertiary alicyclic amines) is 1. The van der Waals surface area contributed by atoms with Gasteiger partial charge in [-0.05, 0) is 67.8 Å². The second-order valence-electron chi connectivity index (χ2n) is 16.8. The van der Waals surface area contributed by atoms with E-state index >= 15 is 0 Å². The first-order valence-corrected chi connectivity index (χ1v) is 17.5. The van der Waals surface area contributed by atoms with Crippen LogP contribution in [0.5, 0.6) is 0 Å². The number of nitrogens with zero attached hydrogens (tertiary/aromatic N) is 1. The summed E-state index contributed by atoms with van der Waals surface area (Å²) in [4.78, 5) is 81.9. The summed E-state index contributed by atoms with van der Waals surface area (Å²) in [7, 11) is 0. The summed E-state index contributed by atoms with van der Waals surface area (Å²) in [5, 5.41) is 5.55. The summed E-state index contributed by atoms with van der Waals surface area (Å²) in [6, 6.07) is 7.73. The molecule has 1 aromatic carbocycles. The number of nitrogens with one attached hydrogen (secondary N) is 2. The number of ether oxygens (including phenoxy) is 1. The molecule has 5 atom stereocenters. The number of amides is 3. The summed E-state index contributed by atoms with van der Waals surface area (Å²) in [6.45, 7) is 15.7. The lowest BCUT2D eigenvalue weighted by molar-refractivity contribution is -0.145. The largest absolute Gasteiger partial charge is 0.444 e. The van der Waals surface area contributed by atoms with Crippen LogP contribution in [-0.2, 0) is 35.3 Å². The Balaban J connectivity index is 1.45. The Bertz CT molecular complexity index is 1390. The van der Waals surface area contributed by atoms with Crippen molar-refractivity contribution >= 4 is 35.3 Å². The number of carbonyl (C=O) groups excluding carboxylic acids is 6. The van der Waals surface area contributed by atoms with E-state index in [1.807, 2.05) is 51.1 Å². The minimum absolute atomic E-state index is 0.0701. The fourth-order valence-electron chi connectivity index (χ4n) is 7.12. The van der Waals surface area contributed by atoms with Gasteiger partial charge in [-0.1, -0.05) is 77.8 Å². The van der Waals surface area contributed by atoms with Crippen LogP contribution in [0.3, 0.4) is 0 Å². The molecular weight excluding hydrogens is 610 g/mol. The average molecular weight is 666 g/mol. The van der Waals surface area contributed by atoms with Crippen LogP contribution in [0.4, 0.5) is 4.79 Å². The van der Waals surface area contributed by atoms with Crippen molar-refractivity contribution < 1.29 is 33.5 Å². The van der Waals surface area contributed by atoms with Crippen LogP contribution in [0.1, 0.15) is 106 Å². The van der Waals surface area contributed by atoms with Crippen LogP contribution in [0, 0.1) is 34.5 Å². The second kappa shape index (κ2) is 14.5. The molecule has 1 saturated heterocycles. The van der Waals surface area contributed by atoms with Crippen molar-refractivity contribution in [1.29, 1.82) is 0 Å². The first kappa shape index (κ1) is 37.3. The van der Waals surface area contributed by atoms with E-state index in [-0.39, 0.29) is 54.1 Å². The lowest BCUT2D eigenvalue weighted by Crippen LogP contribution is -2.58. The summed E-state index contributed by atoms with van der Waals surface area (Å²) in [5.41, 5.74) is -0.643. The Morgan fingerprint density at radius 3 is 2.19 bits per heavy atom. The number of ketones is 3. The molecule has 3 aliphatic rings. The Kier molecular flexibility index (Phi) is 11.3. The van der Waals surface area contributed by atoms with Gasteiger partial charge in [0.25, 0.3) is 0 Å². The van der Waals surface area contributed by atoms with Crippen LogP contribution in [0.2, 0.25) is 0 Å². The van der Waals surface area contributed by atoms with Gasteiger partial charge in [-0.2, -0.15) is 0 Å². The zero-order chi connectivity index (χ0) is 35.6. The molecule has 3 amide bonds. The van der Waals surface area contributed by atoms with Crippen molar-refractivity contribution in [2.75, 3.05) is 6.54 Å². The smallest absolute Gasteiger partial charge is 0.408 e. The van der Waals surface area contributed by atoms with E-state index in [1.165, 1.54) is 0 Å². The minimum Gasteiger partial charge on any atom is -0.444 e. The predicted molar refractivity (Wildman–Crippen MR) is 181 cm³/mol. The van der Waals surface area contributed by atoms with E-state index in [4.69, 9.17) is 4.74 Å². The fraction of sp³-hybridized carbons (Fsp3) is 0.684. The summed E-state index contributed by atoms with van der Waals surface area (Å²) in [6.07, 6.45) is 2.16. The molecule has 2 unspecified atom stereocenters. The number of hydrogen-bond donors (Lipinski definition) is 2. The summed E-state index contributed by atoms with van der Waals surface area (Å²) in [5.74, 6) is -2.40. The molecule has 1 aromatic rings. The maximum atomic E-state index is 14.2. The molecular formula is C38H55N3O7. The van der Waals surface area contributed by atoms with Gasteiger partial charge in [0.15, 0.2) is 11.6 Å². The molecule has 2 aliphatic carbocycles. The average Bonchev–Trinajstić information content (AvgIpc) is 3.86. The first-order valence-electron chi connectivity index (χ1n) is 17.5. The summed E-state index contributed by atoms with van der Waals surface area (Å²) >= 11 is 0. The number of rotatable bonds is 15. The van der Waals surface area contributed by atoms with Gasteiger partial charge in [-0.15, -0.1) is 0 Å². The van der Waals surface area contributed by atoms with Crippen molar-refractivity contribution in [2.24, 2.45) is 34.5 Å².